The highest BCUT2D eigenvalue weighted by molar-refractivity contribution is 5.95. The SMILES string of the molecule is O=C(NC1CCCCC1O)c1c(F)ccc([N+](=O)[O-])c1F. The molecule has 0 bridgehead atoms. The molecule has 21 heavy (non-hydrogen) atoms. The Morgan fingerprint density at radius 3 is 2.62 bits per heavy atom. The van der Waals surface area contributed by atoms with Crippen molar-refractivity contribution in [2.24, 2.45) is 0 Å². The van der Waals surface area contributed by atoms with Crippen LogP contribution in [0.25, 0.3) is 0 Å². The Bertz CT molecular complexity index is 580. The highest BCUT2D eigenvalue weighted by atomic mass is 19.1. The first kappa shape index (κ1) is 15.3. The molecule has 2 rings (SSSR count). The van der Waals surface area contributed by atoms with Crippen molar-refractivity contribution in [3.05, 3.63) is 39.4 Å². The predicted molar refractivity (Wildman–Crippen MR) is 68.7 cm³/mol. The summed E-state index contributed by atoms with van der Waals surface area (Å²) >= 11 is 0. The third-order valence-corrected chi connectivity index (χ3v) is 3.54. The van der Waals surface area contributed by atoms with Crippen LogP contribution in [0.3, 0.4) is 0 Å². The molecule has 0 radical (unpaired) electrons. The number of halogens is 2. The number of hydrogen-bond donors (Lipinski definition) is 2. The number of rotatable bonds is 3. The summed E-state index contributed by atoms with van der Waals surface area (Å²) in [6, 6.07) is 0.731. The Balaban J connectivity index is 2.26. The van der Waals surface area contributed by atoms with Crippen molar-refractivity contribution in [1.29, 1.82) is 0 Å². The lowest BCUT2D eigenvalue weighted by molar-refractivity contribution is -0.387. The first-order valence-corrected chi connectivity index (χ1v) is 6.53. The van der Waals surface area contributed by atoms with E-state index in [9.17, 15) is 28.8 Å². The molecule has 0 aliphatic heterocycles. The molecule has 1 aromatic carbocycles. The first-order valence-electron chi connectivity index (χ1n) is 6.53. The summed E-state index contributed by atoms with van der Waals surface area (Å²) < 4.78 is 27.5. The molecular formula is C13H14F2N2O4. The summed E-state index contributed by atoms with van der Waals surface area (Å²) in [5.41, 5.74) is -1.97. The van der Waals surface area contributed by atoms with E-state index in [0.29, 0.717) is 25.0 Å². The number of benzene rings is 1. The second kappa shape index (κ2) is 6.13. The summed E-state index contributed by atoms with van der Waals surface area (Å²) in [5, 5.41) is 22.7. The Hall–Kier alpha value is -2.09. The van der Waals surface area contributed by atoms with Crippen molar-refractivity contribution in [1.82, 2.24) is 5.32 Å². The van der Waals surface area contributed by atoms with Crippen molar-refractivity contribution < 1.29 is 23.6 Å². The highest BCUT2D eigenvalue weighted by Gasteiger charge is 2.30. The molecule has 6 nitrogen and oxygen atoms in total. The average Bonchev–Trinajstić information content (AvgIpc) is 2.41. The molecule has 8 heteroatoms. The van der Waals surface area contributed by atoms with Gasteiger partial charge >= 0.3 is 5.69 Å². The van der Waals surface area contributed by atoms with Gasteiger partial charge in [-0.3, -0.25) is 14.9 Å². The fourth-order valence-electron chi connectivity index (χ4n) is 2.41. The van der Waals surface area contributed by atoms with Gasteiger partial charge in [-0.15, -0.1) is 0 Å². The third-order valence-electron chi connectivity index (χ3n) is 3.54. The number of aliphatic hydroxyl groups is 1. The van der Waals surface area contributed by atoms with E-state index in [2.05, 4.69) is 5.32 Å². The molecule has 1 aliphatic rings. The molecule has 2 N–H and O–H groups in total. The number of nitrogens with one attached hydrogen (secondary N) is 1. The van der Waals surface area contributed by atoms with Gasteiger partial charge in [-0.05, 0) is 18.9 Å². The average molecular weight is 300 g/mol. The highest BCUT2D eigenvalue weighted by Crippen LogP contribution is 2.24. The van der Waals surface area contributed by atoms with E-state index in [0.717, 1.165) is 12.8 Å². The van der Waals surface area contributed by atoms with E-state index >= 15 is 0 Å². The fraction of sp³-hybridized carbons (Fsp3) is 0.462. The van der Waals surface area contributed by atoms with E-state index in [4.69, 9.17) is 0 Å². The molecule has 1 saturated carbocycles. The minimum absolute atomic E-state index is 0.491. The first-order chi connectivity index (χ1) is 9.91. The zero-order valence-electron chi connectivity index (χ0n) is 11.0. The van der Waals surface area contributed by atoms with Crippen molar-refractivity contribution in [3.63, 3.8) is 0 Å². The molecular weight excluding hydrogens is 286 g/mol. The van der Waals surface area contributed by atoms with Crippen LogP contribution in [0, 0.1) is 21.7 Å². The van der Waals surface area contributed by atoms with Crippen LogP contribution >= 0.6 is 0 Å². The minimum atomic E-state index is -1.51. The molecule has 2 atom stereocenters. The fourth-order valence-corrected chi connectivity index (χ4v) is 2.41. The van der Waals surface area contributed by atoms with Crippen LogP contribution in [0.5, 0.6) is 0 Å². The van der Waals surface area contributed by atoms with Crippen LogP contribution in [0.15, 0.2) is 12.1 Å². The Labute approximate surface area is 118 Å². The predicted octanol–water partition coefficient (Wildman–Crippen LogP) is 1.91. The number of carbonyl (C=O) groups excluding carboxylic acids is 1. The Morgan fingerprint density at radius 1 is 1.33 bits per heavy atom. The molecule has 1 fully saturated rings. The molecule has 1 aliphatic carbocycles. The lowest BCUT2D eigenvalue weighted by atomic mass is 9.92. The van der Waals surface area contributed by atoms with Gasteiger partial charge in [0.1, 0.15) is 11.4 Å². The zero-order chi connectivity index (χ0) is 15.6. The Kier molecular flexibility index (Phi) is 4.46. The summed E-state index contributed by atoms with van der Waals surface area (Å²) in [4.78, 5) is 21.5. The molecule has 0 spiro atoms. The van der Waals surface area contributed by atoms with Gasteiger partial charge < -0.3 is 10.4 Å². The molecule has 0 heterocycles. The van der Waals surface area contributed by atoms with E-state index in [1.165, 1.54) is 0 Å². The zero-order valence-corrected chi connectivity index (χ0v) is 11.0. The van der Waals surface area contributed by atoms with Crippen LogP contribution < -0.4 is 5.32 Å². The van der Waals surface area contributed by atoms with Gasteiger partial charge in [0.2, 0.25) is 5.82 Å². The lowest BCUT2D eigenvalue weighted by Gasteiger charge is -2.28. The van der Waals surface area contributed by atoms with Crippen LogP contribution in [0.4, 0.5) is 14.5 Å². The quantitative estimate of drug-likeness (QED) is 0.658. The van der Waals surface area contributed by atoms with Crippen LogP contribution in [0.1, 0.15) is 36.0 Å². The number of hydrogen-bond acceptors (Lipinski definition) is 4. The third kappa shape index (κ3) is 3.15. The van der Waals surface area contributed by atoms with Crippen LogP contribution in [-0.2, 0) is 0 Å². The number of aliphatic hydroxyl groups excluding tert-OH is 1. The largest absolute Gasteiger partial charge is 0.391 e. The van der Waals surface area contributed by atoms with Gasteiger partial charge in [-0.1, -0.05) is 12.8 Å². The van der Waals surface area contributed by atoms with Gasteiger partial charge in [0, 0.05) is 6.07 Å². The molecule has 1 aromatic rings. The number of carbonyl (C=O) groups is 1. The number of nitrogens with zero attached hydrogens (tertiary/aromatic N) is 1. The number of nitro benzene ring substituents is 1. The molecule has 114 valence electrons. The van der Waals surface area contributed by atoms with Crippen molar-refractivity contribution >= 4 is 11.6 Å². The number of nitro groups is 1. The summed E-state index contributed by atoms with van der Waals surface area (Å²) in [5.74, 6) is -3.79. The van der Waals surface area contributed by atoms with Gasteiger partial charge in [-0.25, -0.2) is 4.39 Å². The summed E-state index contributed by atoms with van der Waals surface area (Å²) in [6.45, 7) is 0. The maximum absolute atomic E-state index is 13.9. The summed E-state index contributed by atoms with van der Waals surface area (Å²) in [7, 11) is 0. The second-order valence-electron chi connectivity index (χ2n) is 4.94. The van der Waals surface area contributed by atoms with Crippen molar-refractivity contribution in [2.45, 2.75) is 37.8 Å². The standard InChI is InChI=1S/C13H14F2N2O4/c14-7-5-6-9(17(20)21)12(15)11(7)13(19)16-8-3-1-2-4-10(8)18/h5-6,8,10,18H,1-4H2,(H,16,19). The van der Waals surface area contributed by atoms with Crippen molar-refractivity contribution in [3.8, 4) is 0 Å². The number of amides is 1. The topological polar surface area (TPSA) is 92.5 Å². The minimum Gasteiger partial charge on any atom is -0.391 e. The maximum atomic E-state index is 13.9. The molecule has 1 amide bonds. The smallest absolute Gasteiger partial charge is 0.305 e. The molecule has 2 unspecified atom stereocenters. The van der Waals surface area contributed by atoms with E-state index in [-0.39, 0.29) is 0 Å². The van der Waals surface area contributed by atoms with Gasteiger partial charge in [0.05, 0.1) is 17.1 Å². The van der Waals surface area contributed by atoms with Gasteiger partial charge in [-0.2, -0.15) is 4.39 Å². The van der Waals surface area contributed by atoms with E-state index in [1.807, 2.05) is 0 Å². The summed E-state index contributed by atoms with van der Waals surface area (Å²) in [6.07, 6.45) is 1.79. The van der Waals surface area contributed by atoms with Gasteiger partial charge in [0.15, 0.2) is 0 Å². The van der Waals surface area contributed by atoms with Gasteiger partial charge in [0.25, 0.3) is 5.91 Å². The van der Waals surface area contributed by atoms with Crippen molar-refractivity contribution in [2.75, 3.05) is 0 Å². The second-order valence-corrected chi connectivity index (χ2v) is 4.94. The monoisotopic (exact) mass is 300 g/mol. The lowest BCUT2D eigenvalue weighted by Crippen LogP contribution is -2.45. The molecule has 0 saturated heterocycles. The van der Waals surface area contributed by atoms with Crippen LogP contribution in [0.2, 0.25) is 0 Å². The maximum Gasteiger partial charge on any atom is 0.305 e. The molecule has 0 aromatic heterocycles. The Morgan fingerprint density at radius 2 is 2.00 bits per heavy atom. The van der Waals surface area contributed by atoms with E-state index < -0.39 is 45.9 Å². The van der Waals surface area contributed by atoms with Crippen LogP contribution in [-0.4, -0.2) is 28.1 Å². The normalized spacial score (nSPS) is 21.9. The van der Waals surface area contributed by atoms with E-state index in [1.54, 1.807) is 0 Å².